The molecule has 4 heteroatoms. The first kappa shape index (κ1) is 23.1. The molecule has 0 aliphatic rings. The molecule has 0 saturated heterocycles. The van der Waals surface area contributed by atoms with E-state index < -0.39 is 18.3 Å². The van der Waals surface area contributed by atoms with Crippen LogP contribution in [0.1, 0.15) is 97.3 Å². The zero-order valence-corrected chi connectivity index (χ0v) is 15.6. The fourth-order valence-corrected chi connectivity index (χ4v) is 2.57. The number of alkyl halides is 2. The summed E-state index contributed by atoms with van der Waals surface area (Å²) >= 11 is 0. The Hall–Kier alpha value is -0.930. The predicted octanol–water partition coefficient (Wildman–Crippen LogP) is 6.83. The van der Waals surface area contributed by atoms with Gasteiger partial charge >= 0.3 is 11.9 Å². The quantitative estimate of drug-likeness (QED) is 0.174. The van der Waals surface area contributed by atoms with Crippen LogP contribution in [0.2, 0.25) is 0 Å². The summed E-state index contributed by atoms with van der Waals surface area (Å²) in [5.41, 5.74) is 0. The van der Waals surface area contributed by atoms with E-state index >= 15 is 0 Å². The van der Waals surface area contributed by atoms with Gasteiger partial charge in [-0.1, -0.05) is 70.4 Å². The van der Waals surface area contributed by atoms with Crippen molar-refractivity contribution in [2.24, 2.45) is 0 Å². The molecular formula is C20H36F2O2. The minimum absolute atomic E-state index is 0.00293. The summed E-state index contributed by atoms with van der Waals surface area (Å²) in [5.74, 6) is -4.70. The van der Waals surface area contributed by atoms with Crippen molar-refractivity contribution >= 4 is 5.97 Å². The molecule has 0 N–H and O–H groups in total. The van der Waals surface area contributed by atoms with Crippen molar-refractivity contribution in [1.29, 1.82) is 0 Å². The molecule has 0 aromatic rings. The van der Waals surface area contributed by atoms with Gasteiger partial charge in [0.05, 0.1) is 6.61 Å². The Morgan fingerprint density at radius 3 is 1.88 bits per heavy atom. The first-order chi connectivity index (χ1) is 11.5. The maximum atomic E-state index is 13.4. The van der Waals surface area contributed by atoms with E-state index in [4.69, 9.17) is 0 Å². The molecule has 0 aromatic carbocycles. The summed E-state index contributed by atoms with van der Waals surface area (Å²) in [5, 5.41) is 0. The van der Waals surface area contributed by atoms with Crippen molar-refractivity contribution < 1.29 is 18.3 Å². The number of esters is 1. The van der Waals surface area contributed by atoms with Gasteiger partial charge in [0.15, 0.2) is 0 Å². The molecule has 2 nitrogen and oxygen atoms in total. The second kappa shape index (κ2) is 15.6. The maximum absolute atomic E-state index is 13.4. The largest absolute Gasteiger partial charge is 0.462 e. The summed E-state index contributed by atoms with van der Waals surface area (Å²) in [6.45, 7) is 3.75. The van der Waals surface area contributed by atoms with Gasteiger partial charge in [0.25, 0.3) is 0 Å². The lowest BCUT2D eigenvalue weighted by Crippen LogP contribution is -2.30. The van der Waals surface area contributed by atoms with Gasteiger partial charge in [-0.05, 0) is 32.6 Å². The van der Waals surface area contributed by atoms with E-state index in [2.05, 4.69) is 23.8 Å². The molecule has 142 valence electrons. The Kier molecular flexibility index (Phi) is 15.0. The van der Waals surface area contributed by atoms with Gasteiger partial charge in [-0.2, -0.15) is 8.78 Å². The minimum atomic E-state index is -3.32. The summed E-state index contributed by atoms with van der Waals surface area (Å²) in [4.78, 5) is 11.1. The molecule has 0 rings (SSSR count). The lowest BCUT2D eigenvalue weighted by molar-refractivity contribution is -0.172. The number of rotatable bonds is 16. The second-order valence-corrected chi connectivity index (χ2v) is 6.41. The first-order valence-corrected chi connectivity index (χ1v) is 9.74. The number of allylic oxidation sites excluding steroid dienone is 2. The average molecular weight is 347 g/mol. The molecular weight excluding hydrogens is 310 g/mol. The highest BCUT2D eigenvalue weighted by Crippen LogP contribution is 2.24. The number of ether oxygens (including phenoxy) is 1. The number of hydrogen-bond donors (Lipinski definition) is 0. The van der Waals surface area contributed by atoms with Crippen molar-refractivity contribution in [1.82, 2.24) is 0 Å². The topological polar surface area (TPSA) is 26.3 Å². The van der Waals surface area contributed by atoms with Crippen molar-refractivity contribution in [3.63, 3.8) is 0 Å². The molecule has 0 aliphatic heterocycles. The summed E-state index contributed by atoms with van der Waals surface area (Å²) in [7, 11) is 0. The van der Waals surface area contributed by atoms with E-state index in [-0.39, 0.29) is 6.61 Å². The standard InChI is InChI=1S/C20H36F2O2/c1-3-5-6-7-8-9-10-11-12-13-14-15-16-17-18-20(21,22)19(23)24-4-2/h7-8H,3-6,9-18H2,1-2H3/b8-7-. The van der Waals surface area contributed by atoms with Gasteiger partial charge in [0.1, 0.15) is 0 Å². The number of unbranched alkanes of at least 4 members (excludes halogenated alkanes) is 10. The molecule has 0 aromatic heterocycles. The molecule has 0 unspecified atom stereocenters. The van der Waals surface area contributed by atoms with Gasteiger partial charge in [-0.3, -0.25) is 0 Å². The molecule has 0 radical (unpaired) electrons. The van der Waals surface area contributed by atoms with E-state index in [0.717, 1.165) is 19.3 Å². The monoisotopic (exact) mass is 346 g/mol. The molecule has 0 heterocycles. The Morgan fingerprint density at radius 2 is 1.33 bits per heavy atom. The smallest absolute Gasteiger partial charge is 0.376 e. The Morgan fingerprint density at radius 1 is 0.833 bits per heavy atom. The summed E-state index contributed by atoms with van der Waals surface area (Å²) in [6.07, 6.45) is 17.2. The van der Waals surface area contributed by atoms with Crippen molar-refractivity contribution in [2.75, 3.05) is 6.61 Å². The molecule has 0 spiro atoms. The minimum Gasteiger partial charge on any atom is -0.462 e. The molecule has 0 amide bonds. The number of carbonyl (C=O) groups excluding carboxylic acids is 1. The van der Waals surface area contributed by atoms with Gasteiger partial charge in [0.2, 0.25) is 0 Å². The molecule has 0 fully saturated rings. The average Bonchev–Trinajstić information content (AvgIpc) is 2.55. The van der Waals surface area contributed by atoms with E-state index in [9.17, 15) is 13.6 Å². The number of carbonyl (C=O) groups is 1. The lowest BCUT2D eigenvalue weighted by Gasteiger charge is -2.14. The zero-order valence-electron chi connectivity index (χ0n) is 15.6. The Balaban J connectivity index is 3.36. The summed E-state index contributed by atoms with van der Waals surface area (Å²) in [6, 6.07) is 0. The van der Waals surface area contributed by atoms with Crippen LogP contribution in [0.4, 0.5) is 8.78 Å². The highest BCUT2D eigenvalue weighted by atomic mass is 19.3. The third-order valence-electron chi connectivity index (χ3n) is 4.08. The Bertz CT molecular complexity index is 328. The van der Waals surface area contributed by atoms with Crippen LogP contribution in [0.5, 0.6) is 0 Å². The normalized spacial score (nSPS) is 12.0. The molecule has 0 bridgehead atoms. The van der Waals surface area contributed by atoms with Crippen LogP contribution in [0.15, 0.2) is 12.2 Å². The third kappa shape index (κ3) is 13.5. The van der Waals surface area contributed by atoms with Gasteiger partial charge in [-0.25, -0.2) is 4.79 Å². The number of hydrogen-bond acceptors (Lipinski definition) is 2. The van der Waals surface area contributed by atoms with Crippen molar-refractivity contribution in [3.05, 3.63) is 12.2 Å². The highest BCUT2D eigenvalue weighted by molar-refractivity contribution is 5.77. The second-order valence-electron chi connectivity index (χ2n) is 6.41. The molecule has 24 heavy (non-hydrogen) atoms. The zero-order chi connectivity index (χ0) is 18.1. The fourth-order valence-electron chi connectivity index (χ4n) is 2.57. The van der Waals surface area contributed by atoms with Crippen LogP contribution >= 0.6 is 0 Å². The highest BCUT2D eigenvalue weighted by Gasteiger charge is 2.39. The molecule has 0 aliphatic carbocycles. The van der Waals surface area contributed by atoms with Crippen LogP contribution in [0.25, 0.3) is 0 Å². The van der Waals surface area contributed by atoms with Crippen LogP contribution in [-0.2, 0) is 9.53 Å². The fraction of sp³-hybridized carbons (Fsp3) is 0.850. The van der Waals surface area contributed by atoms with E-state index in [0.29, 0.717) is 6.42 Å². The first-order valence-electron chi connectivity index (χ1n) is 9.74. The molecule has 0 atom stereocenters. The van der Waals surface area contributed by atoms with Gasteiger partial charge in [-0.15, -0.1) is 0 Å². The third-order valence-corrected chi connectivity index (χ3v) is 4.08. The molecule has 0 saturated carbocycles. The van der Waals surface area contributed by atoms with Gasteiger partial charge in [0, 0.05) is 6.42 Å². The van der Waals surface area contributed by atoms with Gasteiger partial charge < -0.3 is 4.74 Å². The van der Waals surface area contributed by atoms with Crippen LogP contribution in [0, 0.1) is 0 Å². The Labute approximate surface area is 147 Å². The number of halogens is 2. The van der Waals surface area contributed by atoms with Crippen LogP contribution < -0.4 is 0 Å². The van der Waals surface area contributed by atoms with E-state index in [1.54, 1.807) is 0 Å². The van der Waals surface area contributed by atoms with Crippen LogP contribution in [0.3, 0.4) is 0 Å². The maximum Gasteiger partial charge on any atom is 0.376 e. The van der Waals surface area contributed by atoms with Crippen molar-refractivity contribution in [2.45, 2.75) is 103 Å². The van der Waals surface area contributed by atoms with Crippen LogP contribution in [-0.4, -0.2) is 18.5 Å². The lowest BCUT2D eigenvalue weighted by atomic mass is 10.0. The summed E-state index contributed by atoms with van der Waals surface area (Å²) < 4.78 is 31.1. The van der Waals surface area contributed by atoms with E-state index in [1.807, 2.05) is 0 Å². The van der Waals surface area contributed by atoms with Crippen molar-refractivity contribution in [3.8, 4) is 0 Å². The van der Waals surface area contributed by atoms with E-state index in [1.165, 1.54) is 58.3 Å². The predicted molar refractivity (Wildman–Crippen MR) is 96.4 cm³/mol. The SMILES string of the molecule is CCCC/C=C\CCCCCCCCCCC(F)(F)C(=O)OCC.